The van der Waals surface area contributed by atoms with E-state index >= 15 is 0 Å². The van der Waals surface area contributed by atoms with Crippen LogP contribution in [-0.2, 0) is 38.3 Å². The zero-order chi connectivity index (χ0) is 28.9. The lowest BCUT2D eigenvalue weighted by Crippen LogP contribution is -2.24. The minimum absolute atomic E-state index is 0.0254. The van der Waals surface area contributed by atoms with Crippen molar-refractivity contribution in [3.8, 4) is 0 Å². The Hall–Kier alpha value is -3.71. The first-order valence-electron chi connectivity index (χ1n) is 12.1. The molecule has 1 heterocycles. The van der Waals surface area contributed by atoms with E-state index in [-0.39, 0.29) is 27.1 Å². The van der Waals surface area contributed by atoms with Crippen LogP contribution < -0.4 is 5.32 Å². The summed E-state index contributed by atoms with van der Waals surface area (Å²) in [5, 5.41) is 2.30. The van der Waals surface area contributed by atoms with Crippen LogP contribution in [-0.4, -0.2) is 32.0 Å². The van der Waals surface area contributed by atoms with Crippen LogP contribution in [0.4, 0.5) is 17.6 Å². The Morgan fingerprint density at radius 2 is 1.70 bits per heavy atom. The number of aromatic nitrogens is 1. The Balaban J connectivity index is 1.35. The molecule has 1 aromatic heterocycles. The van der Waals surface area contributed by atoms with Crippen molar-refractivity contribution in [1.82, 2.24) is 9.29 Å². The molecule has 0 saturated heterocycles. The van der Waals surface area contributed by atoms with Gasteiger partial charge in [0.1, 0.15) is 5.82 Å². The number of hydrogen-bond donors (Lipinski definition) is 1. The van der Waals surface area contributed by atoms with Crippen LogP contribution in [0.15, 0.2) is 77.8 Å². The van der Waals surface area contributed by atoms with E-state index in [0.29, 0.717) is 18.2 Å². The van der Waals surface area contributed by atoms with Gasteiger partial charge in [-0.1, -0.05) is 18.2 Å². The molecule has 210 valence electrons. The quantitative estimate of drug-likeness (QED) is 0.288. The Kier molecular flexibility index (Phi) is 6.99. The van der Waals surface area contributed by atoms with Gasteiger partial charge in [-0.3, -0.25) is 4.79 Å². The van der Waals surface area contributed by atoms with Crippen LogP contribution in [0, 0.1) is 5.82 Å². The fraction of sp³-hybridized carbons (Fsp3) is 0.222. The number of nitrogens with one attached hydrogen (secondary N) is 1. The van der Waals surface area contributed by atoms with Crippen LogP contribution in [0.25, 0.3) is 10.9 Å². The lowest BCUT2D eigenvalue weighted by molar-refractivity contribution is -0.138. The van der Waals surface area contributed by atoms with E-state index in [1.54, 1.807) is 0 Å². The lowest BCUT2D eigenvalue weighted by Gasteiger charge is -2.15. The minimum atomic E-state index is -4.77. The normalized spacial score (nSPS) is 14.4. The van der Waals surface area contributed by atoms with Crippen molar-refractivity contribution >= 4 is 36.7 Å². The zero-order valence-electron chi connectivity index (χ0n) is 20.7. The molecule has 3 aromatic carbocycles. The van der Waals surface area contributed by atoms with Crippen LogP contribution in [0.5, 0.6) is 0 Å². The van der Waals surface area contributed by atoms with Gasteiger partial charge in [0.15, 0.2) is 9.84 Å². The second-order valence-corrected chi connectivity index (χ2v) is 13.6. The van der Waals surface area contributed by atoms with Gasteiger partial charge in [-0.2, -0.15) is 13.2 Å². The molecule has 1 aliphatic carbocycles. The molecule has 1 amide bonds. The third-order valence-electron chi connectivity index (χ3n) is 6.59. The van der Waals surface area contributed by atoms with Crippen LogP contribution in [0.2, 0.25) is 0 Å². The van der Waals surface area contributed by atoms with E-state index in [4.69, 9.17) is 0 Å². The first kappa shape index (κ1) is 27.8. The zero-order valence-corrected chi connectivity index (χ0v) is 22.3. The number of halogens is 4. The molecule has 0 aliphatic heterocycles. The molecule has 1 saturated carbocycles. The Bertz CT molecular complexity index is 1840. The highest BCUT2D eigenvalue weighted by atomic mass is 32.2. The summed E-state index contributed by atoms with van der Waals surface area (Å²) in [4.78, 5) is 12.5. The van der Waals surface area contributed by atoms with Crippen LogP contribution >= 0.6 is 0 Å². The monoisotopic (exact) mass is 594 g/mol. The fourth-order valence-corrected chi connectivity index (χ4v) is 7.51. The average Bonchev–Trinajstić information content (AvgIpc) is 3.67. The number of carbonyl (C=O) groups excluding carboxylic acids is 1. The smallest absolute Gasteiger partial charge is 0.348 e. The van der Waals surface area contributed by atoms with Crippen molar-refractivity contribution < 1.29 is 39.2 Å². The third kappa shape index (κ3) is 5.61. The van der Waals surface area contributed by atoms with E-state index in [1.807, 2.05) is 0 Å². The molecular formula is C27H22F4N2O5S2. The molecule has 0 unspecified atom stereocenters. The van der Waals surface area contributed by atoms with Crippen molar-refractivity contribution in [2.24, 2.45) is 0 Å². The van der Waals surface area contributed by atoms with Gasteiger partial charge in [-0.05, 0) is 72.5 Å². The van der Waals surface area contributed by atoms with Crippen molar-refractivity contribution in [2.45, 2.75) is 41.5 Å². The summed E-state index contributed by atoms with van der Waals surface area (Å²) in [5.74, 6) is -1.90. The molecule has 0 atom stereocenters. The highest BCUT2D eigenvalue weighted by molar-refractivity contribution is 7.91. The molecule has 1 aliphatic rings. The Morgan fingerprint density at radius 1 is 0.950 bits per heavy atom. The maximum atomic E-state index is 13.8. The number of fused-ring (bicyclic) bond motifs is 1. The molecule has 0 bridgehead atoms. The summed E-state index contributed by atoms with van der Waals surface area (Å²) in [7, 11) is -7.64. The van der Waals surface area contributed by atoms with E-state index in [9.17, 15) is 39.2 Å². The predicted octanol–water partition coefficient (Wildman–Crippen LogP) is 5.04. The molecule has 0 spiro atoms. The van der Waals surface area contributed by atoms with Gasteiger partial charge in [0.25, 0.3) is 15.9 Å². The topological polar surface area (TPSA) is 102 Å². The molecule has 40 heavy (non-hydrogen) atoms. The second kappa shape index (κ2) is 10.0. The first-order valence-corrected chi connectivity index (χ1v) is 15.2. The highest BCUT2D eigenvalue weighted by Crippen LogP contribution is 2.35. The average molecular weight is 595 g/mol. The molecule has 1 N–H and O–H groups in total. The maximum Gasteiger partial charge on any atom is 0.416 e. The lowest BCUT2D eigenvalue weighted by atomic mass is 10.0. The third-order valence-corrected chi connectivity index (χ3v) is 10.5. The summed E-state index contributed by atoms with van der Waals surface area (Å²) in [5.41, 5.74) is -0.948. The summed E-state index contributed by atoms with van der Waals surface area (Å²) < 4.78 is 106. The number of amides is 1. The van der Waals surface area contributed by atoms with Crippen molar-refractivity contribution in [2.75, 3.05) is 0 Å². The number of nitrogens with zero attached hydrogens (tertiary/aromatic N) is 1. The van der Waals surface area contributed by atoms with E-state index in [0.717, 1.165) is 28.2 Å². The molecule has 13 heteroatoms. The molecule has 0 radical (unpaired) electrons. The largest absolute Gasteiger partial charge is 0.416 e. The van der Waals surface area contributed by atoms with Crippen LogP contribution in [0.3, 0.4) is 0 Å². The molecule has 5 rings (SSSR count). The number of alkyl halides is 3. The first-order chi connectivity index (χ1) is 18.8. The van der Waals surface area contributed by atoms with E-state index < -0.39 is 60.9 Å². The van der Waals surface area contributed by atoms with E-state index in [2.05, 4.69) is 5.32 Å². The summed E-state index contributed by atoms with van der Waals surface area (Å²) >= 11 is 0. The number of hydrogen-bond acceptors (Lipinski definition) is 5. The SMILES string of the molecule is O=C(NCc1ccc(CS(=O)(=O)C2CC2)cc1C(F)(F)F)c1ccc2c(ccn2S(=O)(=O)c2cccc(F)c2)c1. The Morgan fingerprint density at radius 3 is 2.38 bits per heavy atom. The van der Waals surface area contributed by atoms with Crippen LogP contribution in [0.1, 0.15) is 39.9 Å². The van der Waals surface area contributed by atoms with Gasteiger partial charge < -0.3 is 5.32 Å². The highest BCUT2D eigenvalue weighted by Gasteiger charge is 2.37. The van der Waals surface area contributed by atoms with Crippen molar-refractivity contribution in [3.63, 3.8) is 0 Å². The molecular weight excluding hydrogens is 572 g/mol. The maximum absolute atomic E-state index is 13.8. The predicted molar refractivity (Wildman–Crippen MR) is 139 cm³/mol. The van der Waals surface area contributed by atoms with Crippen molar-refractivity contribution in [3.05, 3.63) is 101 Å². The van der Waals surface area contributed by atoms with Gasteiger partial charge in [0, 0.05) is 23.7 Å². The van der Waals surface area contributed by atoms with Gasteiger partial charge >= 0.3 is 6.18 Å². The fourth-order valence-electron chi connectivity index (χ4n) is 4.40. The van der Waals surface area contributed by atoms with Gasteiger partial charge in [0.2, 0.25) is 0 Å². The van der Waals surface area contributed by atoms with Gasteiger partial charge in [-0.15, -0.1) is 0 Å². The Labute approximate surface area is 227 Å². The minimum Gasteiger partial charge on any atom is -0.348 e. The van der Waals surface area contributed by atoms with Gasteiger partial charge in [0.05, 0.1) is 27.0 Å². The summed E-state index contributed by atoms with van der Waals surface area (Å²) in [6, 6.07) is 13.3. The number of rotatable bonds is 8. The van der Waals surface area contributed by atoms with E-state index in [1.165, 1.54) is 48.7 Å². The number of benzene rings is 3. The molecule has 7 nitrogen and oxygen atoms in total. The summed E-state index contributed by atoms with van der Waals surface area (Å²) in [6.07, 6.45) is -2.49. The van der Waals surface area contributed by atoms with Gasteiger partial charge in [-0.25, -0.2) is 25.2 Å². The second-order valence-electron chi connectivity index (χ2n) is 9.53. The molecule has 4 aromatic rings. The standard InChI is InChI=1S/C27H22F4N2O5S2/c28-21-2-1-3-23(14-21)40(37,38)33-11-10-18-13-19(6-9-25(18)33)26(34)32-15-20-5-4-17(12-24(20)27(29,30)31)16-39(35,36)22-7-8-22/h1-6,9-14,22H,7-8,15-16H2,(H,32,34). The van der Waals surface area contributed by atoms with Crippen molar-refractivity contribution in [1.29, 1.82) is 0 Å². The number of carbonyl (C=O) groups is 1. The number of sulfone groups is 1. The molecule has 1 fully saturated rings. The summed E-state index contributed by atoms with van der Waals surface area (Å²) in [6.45, 7) is -0.476.